The molecule has 28 heavy (non-hydrogen) atoms. The molecule has 6 nitrogen and oxygen atoms in total. The number of benzene rings is 2. The molecule has 0 bridgehead atoms. The summed E-state index contributed by atoms with van der Waals surface area (Å²) in [5.74, 6) is 0.901. The molecule has 0 aliphatic heterocycles. The fourth-order valence-corrected chi connectivity index (χ4v) is 3.78. The average molecular weight is 390 g/mol. The first kappa shape index (κ1) is 16.6. The van der Waals surface area contributed by atoms with Crippen LogP contribution in [0, 0.1) is 5.82 Å². The number of H-pyrrole nitrogens is 1. The Labute approximate surface area is 163 Å². The lowest BCUT2D eigenvalue weighted by Gasteiger charge is -2.10. The van der Waals surface area contributed by atoms with E-state index >= 15 is 0 Å². The predicted octanol–water partition coefficient (Wildman–Crippen LogP) is 5.06. The van der Waals surface area contributed by atoms with E-state index in [-0.39, 0.29) is 5.82 Å². The summed E-state index contributed by atoms with van der Waals surface area (Å²) >= 11 is 1.57. The van der Waals surface area contributed by atoms with Crippen LogP contribution in [0.4, 0.5) is 21.8 Å². The van der Waals surface area contributed by atoms with E-state index < -0.39 is 0 Å². The van der Waals surface area contributed by atoms with Crippen molar-refractivity contribution in [1.82, 2.24) is 20.2 Å². The number of aromatic nitrogens is 4. The molecule has 3 N–H and O–H groups in total. The number of anilines is 3. The van der Waals surface area contributed by atoms with E-state index in [1.807, 2.05) is 35.7 Å². The van der Waals surface area contributed by atoms with E-state index in [9.17, 15) is 4.39 Å². The van der Waals surface area contributed by atoms with Crippen molar-refractivity contribution >= 4 is 49.9 Å². The van der Waals surface area contributed by atoms with Gasteiger partial charge in [0.1, 0.15) is 5.82 Å². The molecule has 5 rings (SSSR count). The van der Waals surface area contributed by atoms with Crippen molar-refractivity contribution in [2.24, 2.45) is 0 Å². The van der Waals surface area contributed by atoms with Crippen LogP contribution in [-0.2, 0) is 6.54 Å². The molecule has 138 valence electrons. The van der Waals surface area contributed by atoms with Gasteiger partial charge in [-0.3, -0.25) is 5.10 Å². The molecule has 0 saturated heterocycles. The van der Waals surface area contributed by atoms with Gasteiger partial charge in [0.05, 0.1) is 21.9 Å². The van der Waals surface area contributed by atoms with Crippen LogP contribution in [0.5, 0.6) is 0 Å². The van der Waals surface area contributed by atoms with Gasteiger partial charge in [0.25, 0.3) is 0 Å². The summed E-state index contributed by atoms with van der Waals surface area (Å²) < 4.78 is 14.8. The normalized spacial score (nSPS) is 11.2. The maximum Gasteiger partial charge on any atom is 0.225 e. The van der Waals surface area contributed by atoms with Crippen LogP contribution in [-0.4, -0.2) is 20.2 Å². The van der Waals surface area contributed by atoms with Gasteiger partial charge in [-0.25, -0.2) is 9.37 Å². The molecule has 5 aromatic rings. The van der Waals surface area contributed by atoms with Crippen molar-refractivity contribution in [3.05, 3.63) is 71.5 Å². The van der Waals surface area contributed by atoms with Crippen LogP contribution in [0.25, 0.3) is 21.1 Å². The summed E-state index contributed by atoms with van der Waals surface area (Å²) in [6.07, 6.45) is 1.78. The van der Waals surface area contributed by atoms with Crippen molar-refractivity contribution < 1.29 is 4.39 Å². The lowest BCUT2D eigenvalue weighted by Crippen LogP contribution is -2.06. The van der Waals surface area contributed by atoms with E-state index in [2.05, 4.69) is 30.8 Å². The van der Waals surface area contributed by atoms with E-state index in [1.165, 1.54) is 6.07 Å². The van der Waals surface area contributed by atoms with Gasteiger partial charge in [0.2, 0.25) is 5.95 Å². The number of halogens is 1. The van der Waals surface area contributed by atoms with Gasteiger partial charge in [0.15, 0.2) is 5.82 Å². The Morgan fingerprint density at radius 2 is 2.00 bits per heavy atom. The van der Waals surface area contributed by atoms with Gasteiger partial charge < -0.3 is 10.6 Å². The van der Waals surface area contributed by atoms with E-state index in [0.717, 1.165) is 26.8 Å². The topological polar surface area (TPSA) is 78.5 Å². The number of rotatable bonds is 5. The Balaban J connectivity index is 1.46. The third-order valence-corrected chi connectivity index (χ3v) is 5.31. The van der Waals surface area contributed by atoms with Crippen LogP contribution in [0.15, 0.2) is 60.1 Å². The fourth-order valence-electron chi connectivity index (χ4n) is 3.00. The highest BCUT2D eigenvalue weighted by Gasteiger charge is 2.11. The van der Waals surface area contributed by atoms with Gasteiger partial charge in [0, 0.05) is 23.2 Å². The second kappa shape index (κ2) is 6.90. The van der Waals surface area contributed by atoms with Crippen molar-refractivity contribution in [2.45, 2.75) is 6.54 Å². The molecule has 0 atom stereocenters. The minimum absolute atomic E-state index is 0.252. The summed E-state index contributed by atoms with van der Waals surface area (Å²) in [6.45, 7) is 0.308. The Morgan fingerprint density at radius 1 is 1.07 bits per heavy atom. The molecule has 0 aliphatic rings. The van der Waals surface area contributed by atoms with Crippen LogP contribution in [0.3, 0.4) is 0 Å². The molecular weight excluding hydrogens is 375 g/mol. The zero-order chi connectivity index (χ0) is 18.9. The molecule has 0 aliphatic carbocycles. The highest BCUT2D eigenvalue weighted by Crippen LogP contribution is 2.30. The predicted molar refractivity (Wildman–Crippen MR) is 111 cm³/mol. The molecule has 0 amide bonds. The van der Waals surface area contributed by atoms with Gasteiger partial charge in [-0.15, -0.1) is 11.3 Å². The quantitative estimate of drug-likeness (QED) is 0.391. The summed E-state index contributed by atoms with van der Waals surface area (Å²) in [4.78, 5) is 9.15. The van der Waals surface area contributed by atoms with Gasteiger partial charge in [-0.05, 0) is 35.7 Å². The zero-order valence-electron chi connectivity index (χ0n) is 14.6. The molecular formula is C20H15FN6S. The molecule has 0 spiro atoms. The van der Waals surface area contributed by atoms with Crippen LogP contribution >= 0.6 is 11.3 Å². The molecule has 0 unspecified atom stereocenters. The Hall–Kier alpha value is -3.52. The van der Waals surface area contributed by atoms with E-state index in [4.69, 9.17) is 0 Å². The number of nitrogens with zero attached hydrogens (tertiary/aromatic N) is 3. The average Bonchev–Trinajstić information content (AvgIpc) is 3.36. The SMILES string of the molecule is Fc1ccccc1CNc1nc(Nc2ccc3[nH]ncc3c2)c2sccc2n1. The van der Waals surface area contributed by atoms with Gasteiger partial charge in [-0.1, -0.05) is 18.2 Å². The third kappa shape index (κ3) is 3.14. The maximum atomic E-state index is 13.9. The molecule has 3 aromatic heterocycles. The smallest absolute Gasteiger partial charge is 0.225 e. The van der Waals surface area contributed by atoms with Crippen molar-refractivity contribution in [1.29, 1.82) is 0 Å². The standard InChI is InChI=1S/C20H15FN6S/c21-15-4-2-1-3-12(15)10-22-20-25-17-7-8-28-18(17)19(26-20)24-14-5-6-16-13(9-14)11-23-27-16/h1-9,11H,10H2,(H,23,27)(H2,22,24,25,26). The molecule has 0 radical (unpaired) electrons. The van der Waals surface area contributed by atoms with Crippen molar-refractivity contribution in [3.8, 4) is 0 Å². The highest BCUT2D eigenvalue weighted by molar-refractivity contribution is 7.17. The lowest BCUT2D eigenvalue weighted by molar-refractivity contribution is 0.612. The summed E-state index contributed by atoms with van der Waals surface area (Å²) in [7, 11) is 0. The van der Waals surface area contributed by atoms with Crippen LogP contribution < -0.4 is 10.6 Å². The first-order chi connectivity index (χ1) is 13.8. The van der Waals surface area contributed by atoms with E-state index in [0.29, 0.717) is 23.9 Å². The third-order valence-electron chi connectivity index (χ3n) is 4.40. The Morgan fingerprint density at radius 3 is 2.93 bits per heavy atom. The number of aromatic amines is 1. The minimum Gasteiger partial charge on any atom is -0.350 e. The minimum atomic E-state index is -0.252. The maximum absolute atomic E-state index is 13.9. The largest absolute Gasteiger partial charge is 0.350 e. The summed E-state index contributed by atoms with van der Waals surface area (Å²) in [5, 5.41) is 16.5. The Kier molecular flexibility index (Phi) is 4.10. The number of hydrogen-bond donors (Lipinski definition) is 3. The zero-order valence-corrected chi connectivity index (χ0v) is 15.4. The highest BCUT2D eigenvalue weighted by atomic mass is 32.1. The summed E-state index contributed by atoms with van der Waals surface area (Å²) in [6, 6.07) is 14.5. The monoisotopic (exact) mass is 390 g/mol. The first-order valence-corrected chi connectivity index (χ1v) is 9.57. The van der Waals surface area contributed by atoms with Crippen molar-refractivity contribution in [3.63, 3.8) is 0 Å². The molecule has 8 heteroatoms. The molecule has 0 saturated carbocycles. The number of hydrogen-bond acceptors (Lipinski definition) is 6. The number of nitrogens with one attached hydrogen (secondary N) is 3. The van der Waals surface area contributed by atoms with Gasteiger partial charge >= 0.3 is 0 Å². The second-order valence-electron chi connectivity index (χ2n) is 6.27. The molecule has 2 aromatic carbocycles. The Bertz CT molecular complexity index is 1280. The summed E-state index contributed by atoms with van der Waals surface area (Å²) in [5.41, 5.74) is 3.28. The second-order valence-corrected chi connectivity index (χ2v) is 7.19. The van der Waals surface area contributed by atoms with Crippen LogP contribution in [0.2, 0.25) is 0 Å². The fraction of sp³-hybridized carbons (Fsp3) is 0.0500. The first-order valence-electron chi connectivity index (χ1n) is 8.69. The van der Waals surface area contributed by atoms with Crippen molar-refractivity contribution in [2.75, 3.05) is 10.6 Å². The number of fused-ring (bicyclic) bond motifs is 2. The van der Waals surface area contributed by atoms with Gasteiger partial charge in [-0.2, -0.15) is 10.1 Å². The molecule has 0 fully saturated rings. The lowest BCUT2D eigenvalue weighted by atomic mass is 10.2. The van der Waals surface area contributed by atoms with Crippen LogP contribution in [0.1, 0.15) is 5.56 Å². The molecule has 3 heterocycles. The number of thiophene rings is 1. The van der Waals surface area contributed by atoms with E-state index in [1.54, 1.807) is 29.7 Å².